The van der Waals surface area contributed by atoms with Crippen LogP contribution < -0.4 is 0 Å². The van der Waals surface area contributed by atoms with Gasteiger partial charge in [0.05, 0.1) is 0 Å². The van der Waals surface area contributed by atoms with Crippen LogP contribution >= 0.6 is 0 Å². The Bertz CT molecular complexity index is 214. The molecule has 0 aromatic rings. The maximum absolute atomic E-state index is 11.5. The molecule has 0 radical (unpaired) electrons. The zero-order valence-electron chi connectivity index (χ0n) is 10.6. The summed E-state index contributed by atoms with van der Waals surface area (Å²) in [6, 6.07) is 0. The average molecular weight is 213 g/mol. The lowest BCUT2D eigenvalue weighted by atomic mass is 9.82. The van der Waals surface area contributed by atoms with Crippen LogP contribution in [0.1, 0.15) is 53.9 Å². The third kappa shape index (κ3) is 4.02. The van der Waals surface area contributed by atoms with Gasteiger partial charge in [-0.05, 0) is 11.8 Å². The lowest BCUT2D eigenvalue weighted by Gasteiger charge is -2.34. The molecule has 15 heavy (non-hydrogen) atoms. The maximum Gasteiger partial charge on any atom is 0.229 e. The van der Waals surface area contributed by atoms with Crippen molar-refractivity contribution in [3.8, 4) is 0 Å². The van der Waals surface area contributed by atoms with Crippen molar-refractivity contribution in [1.29, 1.82) is 0 Å². The van der Waals surface area contributed by atoms with Gasteiger partial charge in [0.25, 0.3) is 0 Å². The van der Waals surface area contributed by atoms with Gasteiger partial charge in [0.2, 0.25) is 11.8 Å². The summed E-state index contributed by atoms with van der Waals surface area (Å²) in [5.74, 6) is -0.0220. The molecule has 1 fully saturated rings. The minimum Gasteiger partial charge on any atom is -0.283 e. The van der Waals surface area contributed by atoms with E-state index in [1.807, 2.05) is 34.6 Å². The van der Waals surface area contributed by atoms with Crippen LogP contribution in [0, 0.1) is 5.41 Å². The molecule has 2 amide bonds. The van der Waals surface area contributed by atoms with Crippen molar-refractivity contribution in [2.45, 2.75) is 53.9 Å². The fraction of sp³-hybridized carbons (Fsp3) is 0.833. The summed E-state index contributed by atoms with van der Waals surface area (Å²) in [5, 5.41) is 0. The minimum atomic E-state index is -0.140. The van der Waals surface area contributed by atoms with E-state index in [0.29, 0.717) is 19.4 Å². The monoisotopic (exact) mass is 213 g/mol. The van der Waals surface area contributed by atoms with E-state index in [-0.39, 0.29) is 17.2 Å². The lowest BCUT2D eigenvalue weighted by molar-refractivity contribution is -0.152. The summed E-state index contributed by atoms with van der Waals surface area (Å²) < 4.78 is 0. The zero-order valence-corrected chi connectivity index (χ0v) is 10.6. The number of hydrogen-bond donors (Lipinski definition) is 0. The topological polar surface area (TPSA) is 37.4 Å². The van der Waals surface area contributed by atoms with Crippen molar-refractivity contribution in [2.75, 3.05) is 6.54 Å². The van der Waals surface area contributed by atoms with Gasteiger partial charge >= 0.3 is 0 Å². The van der Waals surface area contributed by atoms with Crippen LogP contribution in [0.4, 0.5) is 0 Å². The standard InChI is InChI=1S/C10H17NO2.C2H6/c1-4-5-11-8(12)6-10(2,3)7-9(11)13;1-2/h4-7H2,1-3H3;1-2H3. The number of likely N-dealkylation sites (tertiary alicyclic amines) is 1. The molecule has 1 aliphatic rings. The van der Waals surface area contributed by atoms with Gasteiger partial charge in [-0.1, -0.05) is 34.6 Å². The summed E-state index contributed by atoms with van der Waals surface area (Å²) >= 11 is 0. The highest BCUT2D eigenvalue weighted by Gasteiger charge is 2.36. The number of piperidine rings is 1. The third-order valence-electron chi connectivity index (χ3n) is 2.31. The molecule has 0 aromatic carbocycles. The van der Waals surface area contributed by atoms with E-state index in [1.54, 1.807) is 0 Å². The first-order chi connectivity index (χ1) is 6.96. The molecule has 0 atom stereocenters. The van der Waals surface area contributed by atoms with Gasteiger partial charge in [0.15, 0.2) is 0 Å². The van der Waals surface area contributed by atoms with Crippen molar-refractivity contribution >= 4 is 11.8 Å². The van der Waals surface area contributed by atoms with E-state index in [0.717, 1.165) is 6.42 Å². The molecule has 0 aliphatic carbocycles. The molecule has 1 heterocycles. The van der Waals surface area contributed by atoms with Gasteiger partial charge in [-0.3, -0.25) is 14.5 Å². The summed E-state index contributed by atoms with van der Waals surface area (Å²) in [6.07, 6.45) is 1.84. The fourth-order valence-electron chi connectivity index (χ4n) is 1.68. The number of imide groups is 1. The quantitative estimate of drug-likeness (QED) is 0.661. The smallest absolute Gasteiger partial charge is 0.229 e. The third-order valence-corrected chi connectivity index (χ3v) is 2.31. The van der Waals surface area contributed by atoms with Gasteiger partial charge in [0, 0.05) is 19.4 Å². The number of carbonyl (C=O) groups excluding carboxylic acids is 2. The first-order valence-electron chi connectivity index (χ1n) is 5.79. The Balaban J connectivity index is 0.000000921. The highest BCUT2D eigenvalue weighted by molar-refractivity contribution is 5.98. The van der Waals surface area contributed by atoms with Crippen molar-refractivity contribution < 1.29 is 9.59 Å². The zero-order chi connectivity index (χ0) is 12.1. The summed E-state index contributed by atoms with van der Waals surface area (Å²) in [7, 11) is 0. The second kappa shape index (κ2) is 5.89. The molecular weight excluding hydrogens is 190 g/mol. The molecule has 0 aromatic heterocycles. The van der Waals surface area contributed by atoms with E-state index < -0.39 is 0 Å². The van der Waals surface area contributed by atoms with E-state index in [1.165, 1.54) is 4.90 Å². The first-order valence-corrected chi connectivity index (χ1v) is 5.79. The predicted molar refractivity (Wildman–Crippen MR) is 61.4 cm³/mol. The second-order valence-corrected chi connectivity index (χ2v) is 4.46. The molecule has 1 rings (SSSR count). The normalized spacial score (nSPS) is 19.7. The summed E-state index contributed by atoms with van der Waals surface area (Å²) in [4.78, 5) is 24.4. The summed E-state index contributed by atoms with van der Waals surface area (Å²) in [6.45, 7) is 10.5. The Morgan fingerprint density at radius 2 is 1.53 bits per heavy atom. The number of nitrogens with zero attached hydrogens (tertiary/aromatic N) is 1. The average Bonchev–Trinajstić information content (AvgIpc) is 2.13. The van der Waals surface area contributed by atoms with Crippen LogP contribution in [0.15, 0.2) is 0 Å². The fourth-order valence-corrected chi connectivity index (χ4v) is 1.68. The molecule has 3 heteroatoms. The molecule has 0 unspecified atom stereocenters. The number of carbonyl (C=O) groups is 2. The van der Waals surface area contributed by atoms with Crippen molar-refractivity contribution in [3.05, 3.63) is 0 Å². The van der Waals surface area contributed by atoms with Gasteiger partial charge < -0.3 is 0 Å². The highest BCUT2D eigenvalue weighted by Crippen LogP contribution is 2.31. The Morgan fingerprint density at radius 1 is 1.13 bits per heavy atom. The van der Waals surface area contributed by atoms with Gasteiger partial charge in [0.1, 0.15) is 0 Å². The summed E-state index contributed by atoms with van der Waals surface area (Å²) in [5.41, 5.74) is -0.140. The Kier molecular flexibility index (Phi) is 5.55. The molecule has 0 saturated carbocycles. The van der Waals surface area contributed by atoms with Crippen molar-refractivity contribution in [2.24, 2.45) is 5.41 Å². The molecule has 0 N–H and O–H groups in total. The van der Waals surface area contributed by atoms with Crippen LogP contribution in [0.3, 0.4) is 0 Å². The second-order valence-electron chi connectivity index (χ2n) is 4.46. The van der Waals surface area contributed by atoms with E-state index >= 15 is 0 Å². The van der Waals surface area contributed by atoms with Crippen molar-refractivity contribution in [1.82, 2.24) is 4.90 Å². The Morgan fingerprint density at radius 3 is 1.87 bits per heavy atom. The van der Waals surface area contributed by atoms with Crippen LogP contribution in [0.2, 0.25) is 0 Å². The predicted octanol–water partition coefficient (Wildman–Crippen LogP) is 2.60. The van der Waals surface area contributed by atoms with E-state index in [9.17, 15) is 9.59 Å². The SMILES string of the molecule is CC.CCCN1C(=O)CC(C)(C)CC1=O. The molecule has 1 saturated heterocycles. The lowest BCUT2D eigenvalue weighted by Crippen LogP contribution is -2.46. The van der Waals surface area contributed by atoms with Gasteiger partial charge in [-0.25, -0.2) is 0 Å². The molecule has 0 bridgehead atoms. The molecule has 1 aliphatic heterocycles. The first kappa shape index (κ1) is 14.1. The van der Waals surface area contributed by atoms with Crippen LogP contribution in [-0.4, -0.2) is 23.3 Å². The number of amides is 2. The van der Waals surface area contributed by atoms with E-state index in [4.69, 9.17) is 0 Å². The minimum absolute atomic E-state index is 0.0110. The molecule has 0 spiro atoms. The van der Waals surface area contributed by atoms with Crippen LogP contribution in [-0.2, 0) is 9.59 Å². The van der Waals surface area contributed by atoms with Gasteiger partial charge in [-0.15, -0.1) is 0 Å². The van der Waals surface area contributed by atoms with Crippen LogP contribution in [0.5, 0.6) is 0 Å². The van der Waals surface area contributed by atoms with E-state index in [2.05, 4.69) is 0 Å². The molecular formula is C12H23NO2. The van der Waals surface area contributed by atoms with Crippen molar-refractivity contribution in [3.63, 3.8) is 0 Å². The number of hydrogen-bond acceptors (Lipinski definition) is 2. The largest absolute Gasteiger partial charge is 0.283 e. The maximum atomic E-state index is 11.5. The number of rotatable bonds is 2. The molecule has 3 nitrogen and oxygen atoms in total. The molecule has 88 valence electrons. The van der Waals surface area contributed by atoms with Crippen LogP contribution in [0.25, 0.3) is 0 Å². The Hall–Kier alpha value is -0.860. The highest BCUT2D eigenvalue weighted by atomic mass is 16.2. The Labute approximate surface area is 92.8 Å². The van der Waals surface area contributed by atoms with Gasteiger partial charge in [-0.2, -0.15) is 0 Å².